The molecule has 0 saturated carbocycles. The Bertz CT molecular complexity index is 150. The summed E-state index contributed by atoms with van der Waals surface area (Å²) >= 11 is 0. The van der Waals surface area contributed by atoms with Gasteiger partial charge in [-0.3, -0.25) is 0 Å². The van der Waals surface area contributed by atoms with Gasteiger partial charge in [0.2, 0.25) is 0 Å². The number of rotatable bonds is 7. The van der Waals surface area contributed by atoms with Crippen molar-refractivity contribution < 1.29 is 4.74 Å². The number of methoxy groups -OCH3 is 1. The standard InChI is InChI=1S/C12H27NO/c1-7-12(5,8-2)13-10-9-11(3,4)14-6/h13H,7-10H2,1-6H3. The summed E-state index contributed by atoms with van der Waals surface area (Å²) in [5.74, 6) is 0. The van der Waals surface area contributed by atoms with E-state index in [1.807, 2.05) is 0 Å². The van der Waals surface area contributed by atoms with E-state index in [-0.39, 0.29) is 5.60 Å². The maximum Gasteiger partial charge on any atom is 0.0634 e. The van der Waals surface area contributed by atoms with Crippen molar-refractivity contribution in [3.05, 3.63) is 0 Å². The average molecular weight is 201 g/mol. The summed E-state index contributed by atoms with van der Waals surface area (Å²) in [5, 5.41) is 3.61. The van der Waals surface area contributed by atoms with E-state index in [4.69, 9.17) is 4.74 Å². The molecular weight excluding hydrogens is 174 g/mol. The lowest BCUT2D eigenvalue weighted by Gasteiger charge is -2.31. The molecule has 0 spiro atoms. The summed E-state index contributed by atoms with van der Waals surface area (Å²) in [7, 11) is 1.78. The van der Waals surface area contributed by atoms with Crippen molar-refractivity contribution in [2.75, 3.05) is 13.7 Å². The number of hydrogen-bond donors (Lipinski definition) is 1. The van der Waals surface area contributed by atoms with Gasteiger partial charge in [-0.1, -0.05) is 13.8 Å². The van der Waals surface area contributed by atoms with E-state index in [0.29, 0.717) is 5.54 Å². The van der Waals surface area contributed by atoms with Crippen LogP contribution in [0.15, 0.2) is 0 Å². The van der Waals surface area contributed by atoms with E-state index in [2.05, 4.69) is 39.9 Å². The quantitative estimate of drug-likeness (QED) is 0.684. The minimum atomic E-state index is -0.00457. The van der Waals surface area contributed by atoms with Gasteiger partial charge in [0.25, 0.3) is 0 Å². The first-order valence-corrected chi connectivity index (χ1v) is 5.69. The van der Waals surface area contributed by atoms with Gasteiger partial charge in [0.15, 0.2) is 0 Å². The first-order valence-electron chi connectivity index (χ1n) is 5.69. The van der Waals surface area contributed by atoms with Crippen molar-refractivity contribution in [1.29, 1.82) is 0 Å². The Hall–Kier alpha value is -0.0800. The second-order valence-electron chi connectivity index (χ2n) is 4.91. The highest BCUT2D eigenvalue weighted by atomic mass is 16.5. The summed E-state index contributed by atoms with van der Waals surface area (Å²) in [6, 6.07) is 0. The maximum atomic E-state index is 5.38. The number of ether oxygens (including phenoxy) is 1. The Morgan fingerprint density at radius 3 is 1.93 bits per heavy atom. The van der Waals surface area contributed by atoms with Crippen LogP contribution < -0.4 is 5.32 Å². The van der Waals surface area contributed by atoms with E-state index in [1.54, 1.807) is 7.11 Å². The van der Waals surface area contributed by atoms with Crippen molar-refractivity contribution in [3.63, 3.8) is 0 Å². The molecule has 2 nitrogen and oxygen atoms in total. The summed E-state index contributed by atoms with van der Waals surface area (Å²) in [6.45, 7) is 12.0. The molecule has 0 rings (SSSR count). The molecule has 0 unspecified atom stereocenters. The van der Waals surface area contributed by atoms with Crippen LogP contribution in [0.2, 0.25) is 0 Å². The van der Waals surface area contributed by atoms with Crippen LogP contribution in [0.5, 0.6) is 0 Å². The molecule has 0 saturated heterocycles. The fourth-order valence-electron chi connectivity index (χ4n) is 1.27. The highest BCUT2D eigenvalue weighted by Gasteiger charge is 2.21. The first kappa shape index (κ1) is 13.9. The van der Waals surface area contributed by atoms with E-state index in [1.165, 1.54) is 12.8 Å². The third-order valence-corrected chi connectivity index (χ3v) is 3.39. The molecule has 0 aromatic rings. The Balaban J connectivity index is 3.83. The molecule has 14 heavy (non-hydrogen) atoms. The van der Waals surface area contributed by atoms with E-state index in [0.717, 1.165) is 13.0 Å². The van der Waals surface area contributed by atoms with E-state index < -0.39 is 0 Å². The highest BCUT2D eigenvalue weighted by Crippen LogP contribution is 2.16. The Morgan fingerprint density at radius 2 is 1.57 bits per heavy atom. The summed E-state index contributed by atoms with van der Waals surface area (Å²) in [6.07, 6.45) is 3.41. The van der Waals surface area contributed by atoms with Gasteiger partial charge >= 0.3 is 0 Å². The largest absolute Gasteiger partial charge is 0.379 e. The van der Waals surface area contributed by atoms with Crippen LogP contribution in [0.4, 0.5) is 0 Å². The van der Waals surface area contributed by atoms with E-state index >= 15 is 0 Å². The second-order valence-corrected chi connectivity index (χ2v) is 4.91. The molecule has 0 aromatic heterocycles. The minimum absolute atomic E-state index is 0.00457. The Morgan fingerprint density at radius 1 is 1.07 bits per heavy atom. The van der Waals surface area contributed by atoms with Gasteiger partial charge in [0.1, 0.15) is 0 Å². The van der Waals surface area contributed by atoms with Gasteiger partial charge < -0.3 is 10.1 Å². The molecule has 0 aliphatic rings. The van der Waals surface area contributed by atoms with Crippen LogP contribution in [0.1, 0.15) is 53.9 Å². The van der Waals surface area contributed by atoms with Gasteiger partial charge in [-0.2, -0.15) is 0 Å². The molecule has 0 aliphatic heterocycles. The smallest absolute Gasteiger partial charge is 0.0634 e. The van der Waals surface area contributed by atoms with Gasteiger partial charge in [0, 0.05) is 12.6 Å². The number of hydrogen-bond acceptors (Lipinski definition) is 2. The molecule has 2 heteroatoms. The molecule has 0 radical (unpaired) electrons. The Kier molecular flexibility index (Phi) is 5.68. The third-order valence-electron chi connectivity index (χ3n) is 3.39. The summed E-state index contributed by atoms with van der Waals surface area (Å²) < 4.78 is 5.38. The normalized spacial score (nSPS) is 13.3. The second kappa shape index (κ2) is 5.72. The summed E-state index contributed by atoms with van der Waals surface area (Å²) in [4.78, 5) is 0. The fourth-order valence-corrected chi connectivity index (χ4v) is 1.27. The maximum absolute atomic E-state index is 5.38. The summed E-state index contributed by atoms with van der Waals surface area (Å²) in [5.41, 5.74) is 0.291. The zero-order chi connectivity index (χ0) is 11.2. The molecule has 0 fully saturated rings. The zero-order valence-corrected chi connectivity index (χ0v) is 10.7. The molecule has 0 aromatic carbocycles. The molecule has 0 atom stereocenters. The average Bonchev–Trinajstić information content (AvgIpc) is 2.17. The van der Waals surface area contributed by atoms with Crippen molar-refractivity contribution in [3.8, 4) is 0 Å². The SMILES string of the molecule is CCC(C)(CC)NCCC(C)(C)OC. The topological polar surface area (TPSA) is 21.3 Å². The van der Waals surface area contributed by atoms with E-state index in [9.17, 15) is 0 Å². The molecule has 1 N–H and O–H groups in total. The molecule has 0 amide bonds. The minimum Gasteiger partial charge on any atom is -0.379 e. The van der Waals surface area contributed by atoms with Crippen molar-refractivity contribution >= 4 is 0 Å². The van der Waals surface area contributed by atoms with Crippen LogP contribution in [0, 0.1) is 0 Å². The predicted octanol–water partition coefficient (Wildman–Crippen LogP) is 2.97. The van der Waals surface area contributed by atoms with Crippen LogP contribution in [-0.4, -0.2) is 24.8 Å². The lowest BCUT2D eigenvalue weighted by Crippen LogP contribution is -2.43. The van der Waals surface area contributed by atoms with Crippen molar-refractivity contribution in [2.24, 2.45) is 0 Å². The van der Waals surface area contributed by atoms with Crippen LogP contribution >= 0.6 is 0 Å². The van der Waals surface area contributed by atoms with Crippen molar-refractivity contribution in [1.82, 2.24) is 5.32 Å². The monoisotopic (exact) mass is 201 g/mol. The zero-order valence-electron chi connectivity index (χ0n) is 10.7. The van der Waals surface area contributed by atoms with Crippen LogP contribution in [0.3, 0.4) is 0 Å². The Labute approximate surface area is 89.4 Å². The van der Waals surface area contributed by atoms with Gasteiger partial charge in [-0.15, -0.1) is 0 Å². The molecular formula is C12H27NO. The van der Waals surface area contributed by atoms with Crippen LogP contribution in [0.25, 0.3) is 0 Å². The van der Waals surface area contributed by atoms with Gasteiger partial charge in [-0.05, 0) is 46.6 Å². The highest BCUT2D eigenvalue weighted by molar-refractivity contribution is 4.81. The van der Waals surface area contributed by atoms with Crippen LogP contribution in [-0.2, 0) is 4.74 Å². The lowest BCUT2D eigenvalue weighted by molar-refractivity contribution is 0.0142. The van der Waals surface area contributed by atoms with Crippen molar-refractivity contribution in [2.45, 2.75) is 65.0 Å². The molecule has 0 bridgehead atoms. The fraction of sp³-hybridized carbons (Fsp3) is 1.00. The van der Waals surface area contributed by atoms with Gasteiger partial charge in [-0.25, -0.2) is 0 Å². The molecule has 0 aliphatic carbocycles. The predicted molar refractivity (Wildman–Crippen MR) is 62.7 cm³/mol. The lowest BCUT2D eigenvalue weighted by atomic mass is 9.94. The third kappa shape index (κ3) is 4.97. The number of nitrogens with one attached hydrogen (secondary N) is 1. The molecule has 86 valence electrons. The van der Waals surface area contributed by atoms with Gasteiger partial charge in [0.05, 0.1) is 5.60 Å². The first-order chi connectivity index (χ1) is 6.39. The molecule has 0 heterocycles.